The Kier molecular flexibility index (Phi) is 2.80. The van der Waals surface area contributed by atoms with E-state index in [0.29, 0.717) is 11.7 Å². The van der Waals surface area contributed by atoms with Crippen LogP contribution < -0.4 is 4.90 Å². The average molecular weight is 175 g/mol. The third-order valence-corrected chi connectivity index (χ3v) is 1.69. The second kappa shape index (κ2) is 3.85. The summed E-state index contributed by atoms with van der Waals surface area (Å²) in [7, 11) is 0. The lowest BCUT2D eigenvalue weighted by Gasteiger charge is -2.21. The van der Waals surface area contributed by atoms with Gasteiger partial charge in [-0.1, -0.05) is 18.2 Å². The third-order valence-electron chi connectivity index (χ3n) is 1.69. The van der Waals surface area contributed by atoms with Crippen LogP contribution in [0.15, 0.2) is 30.3 Å². The molecule has 3 heteroatoms. The number of rotatable bonds is 1. The number of nitrogens with one attached hydrogen (secondary N) is 2. The molecule has 0 heterocycles. The Morgan fingerprint density at radius 1 is 1.00 bits per heavy atom. The molecule has 13 heavy (non-hydrogen) atoms. The minimum absolute atomic E-state index is 0.360. The molecule has 0 aliphatic rings. The van der Waals surface area contributed by atoms with Gasteiger partial charge in [-0.05, 0) is 26.0 Å². The molecule has 0 atom stereocenters. The van der Waals surface area contributed by atoms with E-state index >= 15 is 0 Å². The summed E-state index contributed by atoms with van der Waals surface area (Å²) >= 11 is 0. The molecule has 68 valence electrons. The van der Waals surface area contributed by atoms with Gasteiger partial charge in [-0.15, -0.1) is 0 Å². The lowest BCUT2D eigenvalue weighted by molar-refractivity contribution is 1.27. The molecule has 0 fully saturated rings. The quantitative estimate of drug-likeness (QED) is 0.500. The van der Waals surface area contributed by atoms with Crippen LogP contribution in [0.2, 0.25) is 0 Å². The van der Waals surface area contributed by atoms with E-state index in [2.05, 4.69) is 0 Å². The maximum Gasteiger partial charge on any atom is 0.103 e. The van der Waals surface area contributed by atoms with Crippen LogP contribution in [0.3, 0.4) is 0 Å². The summed E-state index contributed by atoms with van der Waals surface area (Å²) in [5, 5.41) is 15.0. The van der Waals surface area contributed by atoms with E-state index in [1.54, 1.807) is 18.7 Å². The van der Waals surface area contributed by atoms with Crippen molar-refractivity contribution in [3.63, 3.8) is 0 Å². The van der Waals surface area contributed by atoms with Crippen LogP contribution in [-0.2, 0) is 0 Å². The molecule has 0 bridgehead atoms. The predicted octanol–water partition coefficient (Wildman–Crippen LogP) is 2.49. The van der Waals surface area contributed by atoms with E-state index in [0.717, 1.165) is 5.69 Å². The number of hydrogen-bond acceptors (Lipinski definition) is 2. The maximum atomic E-state index is 7.50. The molecule has 0 saturated carbocycles. The molecule has 0 aliphatic heterocycles. The van der Waals surface area contributed by atoms with Crippen molar-refractivity contribution in [1.82, 2.24) is 0 Å². The van der Waals surface area contributed by atoms with Crippen LogP contribution in [0.5, 0.6) is 0 Å². The van der Waals surface area contributed by atoms with Crippen molar-refractivity contribution in [2.45, 2.75) is 13.8 Å². The number of anilines is 1. The van der Waals surface area contributed by atoms with Crippen molar-refractivity contribution in [1.29, 1.82) is 10.8 Å². The first-order valence-electron chi connectivity index (χ1n) is 4.08. The zero-order valence-corrected chi connectivity index (χ0v) is 7.83. The van der Waals surface area contributed by atoms with Gasteiger partial charge in [0, 0.05) is 5.69 Å². The number of hydrogen-bond donors (Lipinski definition) is 2. The smallest absolute Gasteiger partial charge is 0.103 e. The Labute approximate surface area is 78.0 Å². The highest BCUT2D eigenvalue weighted by Crippen LogP contribution is 2.13. The molecule has 0 radical (unpaired) electrons. The summed E-state index contributed by atoms with van der Waals surface area (Å²) in [6.07, 6.45) is 0. The Hall–Kier alpha value is -1.64. The van der Waals surface area contributed by atoms with Crippen LogP contribution in [-0.4, -0.2) is 11.7 Å². The van der Waals surface area contributed by atoms with E-state index in [-0.39, 0.29) is 0 Å². The van der Waals surface area contributed by atoms with Crippen LogP contribution in [0.25, 0.3) is 0 Å². The van der Waals surface area contributed by atoms with Gasteiger partial charge in [0.1, 0.15) is 11.7 Å². The van der Waals surface area contributed by atoms with Crippen LogP contribution >= 0.6 is 0 Å². The highest BCUT2D eigenvalue weighted by Gasteiger charge is 2.08. The van der Waals surface area contributed by atoms with Crippen LogP contribution in [0, 0.1) is 10.8 Å². The fourth-order valence-corrected chi connectivity index (χ4v) is 1.22. The Bertz CT molecular complexity index is 302. The van der Waals surface area contributed by atoms with Gasteiger partial charge in [0.05, 0.1) is 0 Å². The van der Waals surface area contributed by atoms with Crippen molar-refractivity contribution >= 4 is 17.4 Å². The molecule has 1 rings (SSSR count). The molecule has 0 aromatic heterocycles. The number of nitrogens with zero attached hydrogens (tertiary/aromatic N) is 1. The fraction of sp³-hybridized carbons (Fsp3) is 0.200. The van der Waals surface area contributed by atoms with Crippen LogP contribution in [0.4, 0.5) is 5.69 Å². The summed E-state index contributed by atoms with van der Waals surface area (Å²) in [6, 6.07) is 9.48. The molecule has 1 aromatic rings. The Balaban J connectivity index is 3.03. The normalized spacial score (nSPS) is 9.38. The summed E-state index contributed by atoms with van der Waals surface area (Å²) < 4.78 is 0. The van der Waals surface area contributed by atoms with Gasteiger partial charge in [0.2, 0.25) is 0 Å². The van der Waals surface area contributed by atoms with E-state index in [4.69, 9.17) is 10.8 Å². The largest absolute Gasteiger partial charge is 0.288 e. The molecular formula is C10H13N3. The van der Waals surface area contributed by atoms with Gasteiger partial charge < -0.3 is 0 Å². The number of benzene rings is 1. The summed E-state index contributed by atoms with van der Waals surface area (Å²) in [5.41, 5.74) is 0.863. The topological polar surface area (TPSA) is 50.9 Å². The molecule has 0 aliphatic carbocycles. The first-order valence-corrected chi connectivity index (χ1v) is 4.08. The molecule has 3 nitrogen and oxygen atoms in total. The SMILES string of the molecule is CC(=N)N(C(C)=N)c1ccccc1. The molecule has 0 spiro atoms. The second-order valence-corrected chi connectivity index (χ2v) is 2.84. The van der Waals surface area contributed by atoms with Crippen molar-refractivity contribution in [2.24, 2.45) is 0 Å². The number of amidine groups is 2. The number of para-hydroxylation sites is 1. The van der Waals surface area contributed by atoms with E-state index < -0.39 is 0 Å². The van der Waals surface area contributed by atoms with Gasteiger partial charge in [-0.25, -0.2) is 0 Å². The first-order chi connectivity index (χ1) is 6.13. The van der Waals surface area contributed by atoms with Crippen molar-refractivity contribution in [3.05, 3.63) is 30.3 Å². The van der Waals surface area contributed by atoms with Gasteiger partial charge in [-0.2, -0.15) is 0 Å². The van der Waals surface area contributed by atoms with E-state index in [9.17, 15) is 0 Å². The molecule has 0 unspecified atom stereocenters. The predicted molar refractivity (Wildman–Crippen MR) is 55.7 cm³/mol. The van der Waals surface area contributed by atoms with E-state index in [1.165, 1.54) is 0 Å². The van der Waals surface area contributed by atoms with Gasteiger partial charge >= 0.3 is 0 Å². The van der Waals surface area contributed by atoms with Crippen molar-refractivity contribution < 1.29 is 0 Å². The molecule has 0 saturated heterocycles. The third kappa shape index (κ3) is 2.15. The first kappa shape index (κ1) is 9.45. The standard InChI is InChI=1S/C10H13N3/c1-8(11)13(9(2)12)10-6-4-3-5-7-10/h3-7,11-12H,1-2H3. The highest BCUT2D eigenvalue weighted by atomic mass is 15.2. The molecule has 2 N–H and O–H groups in total. The second-order valence-electron chi connectivity index (χ2n) is 2.84. The van der Waals surface area contributed by atoms with Gasteiger partial charge in [0.15, 0.2) is 0 Å². The maximum absolute atomic E-state index is 7.50. The minimum atomic E-state index is 0.360. The summed E-state index contributed by atoms with van der Waals surface area (Å²) in [5.74, 6) is 0.720. The molecule has 0 amide bonds. The molecule has 1 aromatic carbocycles. The Morgan fingerprint density at radius 2 is 1.46 bits per heavy atom. The average Bonchev–Trinajstić information content (AvgIpc) is 2.04. The van der Waals surface area contributed by atoms with Crippen LogP contribution in [0.1, 0.15) is 13.8 Å². The lowest BCUT2D eigenvalue weighted by Crippen LogP contribution is -2.31. The summed E-state index contributed by atoms with van der Waals surface area (Å²) in [4.78, 5) is 1.58. The zero-order chi connectivity index (χ0) is 9.84. The van der Waals surface area contributed by atoms with Crippen molar-refractivity contribution in [3.8, 4) is 0 Å². The van der Waals surface area contributed by atoms with Gasteiger partial charge in [0.25, 0.3) is 0 Å². The zero-order valence-electron chi connectivity index (χ0n) is 7.83. The lowest BCUT2D eigenvalue weighted by atomic mass is 10.3. The highest BCUT2D eigenvalue weighted by molar-refractivity contribution is 6.15. The fourth-order valence-electron chi connectivity index (χ4n) is 1.22. The summed E-state index contributed by atoms with van der Waals surface area (Å²) in [6.45, 7) is 3.34. The Morgan fingerprint density at radius 3 is 1.85 bits per heavy atom. The monoisotopic (exact) mass is 175 g/mol. The van der Waals surface area contributed by atoms with Gasteiger partial charge in [-0.3, -0.25) is 15.7 Å². The molecular weight excluding hydrogens is 162 g/mol. The minimum Gasteiger partial charge on any atom is -0.288 e. The van der Waals surface area contributed by atoms with E-state index in [1.807, 2.05) is 30.3 Å². The van der Waals surface area contributed by atoms with Crippen molar-refractivity contribution in [2.75, 3.05) is 4.90 Å².